The molecule has 8 aromatic rings. The first kappa shape index (κ1) is 60.7. The normalized spacial score (nSPS) is 15.4. The monoisotopic (exact) mass is 1200 g/mol. The van der Waals surface area contributed by atoms with Crippen molar-refractivity contribution in [1.82, 2.24) is 5.32 Å². The van der Waals surface area contributed by atoms with E-state index in [-0.39, 0.29) is 41.7 Å². The van der Waals surface area contributed by atoms with E-state index in [0.29, 0.717) is 60.5 Å². The number of hydrogen-bond donors (Lipinski definition) is 5. The van der Waals surface area contributed by atoms with E-state index in [1.165, 1.54) is 52.6 Å². The number of halogens is 9. The van der Waals surface area contributed by atoms with Gasteiger partial charge < -0.3 is 36.1 Å². The van der Waals surface area contributed by atoms with Crippen molar-refractivity contribution in [2.45, 2.75) is 89.9 Å². The van der Waals surface area contributed by atoms with Gasteiger partial charge >= 0.3 is 18.6 Å². The fourth-order valence-electron chi connectivity index (χ4n) is 10.4. The molecule has 0 fully saturated rings. The zero-order valence-electron chi connectivity index (χ0n) is 46.8. The predicted molar refractivity (Wildman–Crippen MR) is 314 cm³/mol. The summed E-state index contributed by atoms with van der Waals surface area (Å²) >= 11 is 0. The second kappa shape index (κ2) is 25.3. The highest BCUT2D eigenvalue weighted by molar-refractivity contribution is 5.96. The van der Waals surface area contributed by atoms with Crippen LogP contribution < -0.4 is 36.1 Å². The molecule has 0 atom stereocenters. The number of carbonyl (C=O) groups is 4. The Kier molecular flexibility index (Phi) is 17.6. The number of alkyl halides is 8. The fraction of sp³-hybridized carbons (Fsp3) is 0.224. The van der Waals surface area contributed by atoms with Gasteiger partial charge in [0.15, 0.2) is 11.5 Å². The Hall–Kier alpha value is -9.43. The molecule has 0 aromatic heterocycles. The maximum Gasteiger partial charge on any atom is 0.586 e. The van der Waals surface area contributed by atoms with Crippen molar-refractivity contribution < 1.29 is 68.2 Å². The lowest BCUT2D eigenvalue weighted by molar-refractivity contribution is -0.286. The van der Waals surface area contributed by atoms with Gasteiger partial charge in [-0.3, -0.25) is 19.2 Å². The smallest absolute Gasteiger partial charge is 0.395 e. The van der Waals surface area contributed by atoms with Gasteiger partial charge in [-0.2, -0.15) is 26.3 Å². The summed E-state index contributed by atoms with van der Waals surface area (Å²) in [7, 11) is 0. The maximum absolute atomic E-state index is 13.6. The molecular formula is C67H56F9N5O6. The minimum atomic E-state index is -4.71. The third kappa shape index (κ3) is 15.0. The zero-order valence-corrected chi connectivity index (χ0v) is 46.8. The standard InChI is InChI=1S/C18H19NO.C17H13F2NO3.C16H11F4NO.C16H13F3N2O/c1-12(2)13-3-5-14(6-4-13)15-7-9-17-16(11-15)8-10-18(20)19-17;18-17(19)22-14-7-5-11(9-15(14)23-17)10-4-6-13-12(8-10)2-1-3-16(21)20-13;17-13-8-10(1-4-12(13)16(18,19)20)9-2-5-14-11(7-9)3-6-15(22)21-14;17-16(18,19)13-4-1-10(2-5-13)11-3-6-14-12(7-11)8-20-9-15(22)21-14/h3-7,9,11-12H,8,10H2,1-2H3,(H,19,20);4-9H,1-3H2,(H,20,21);1-2,4-5,7-8H,3,6H2,(H,21,22);1-7,20H,8-9H2,(H,21,22). The quantitative estimate of drug-likeness (QED) is 0.108. The van der Waals surface area contributed by atoms with Gasteiger partial charge in [0.2, 0.25) is 23.6 Å². The van der Waals surface area contributed by atoms with Crippen molar-refractivity contribution in [3.05, 3.63) is 202 Å². The van der Waals surface area contributed by atoms with E-state index in [4.69, 9.17) is 0 Å². The average Bonchev–Trinajstić information content (AvgIpc) is 3.76. The lowest BCUT2D eigenvalue weighted by Crippen LogP contribution is -2.25. The van der Waals surface area contributed by atoms with Crippen LogP contribution in [0.2, 0.25) is 0 Å². The van der Waals surface area contributed by atoms with E-state index in [2.05, 4.69) is 86.3 Å². The number of anilines is 4. The van der Waals surface area contributed by atoms with Crippen LogP contribution in [0.15, 0.2) is 158 Å². The Bertz CT molecular complexity index is 3920. The molecule has 5 heterocycles. The van der Waals surface area contributed by atoms with Crippen LogP contribution in [0.3, 0.4) is 0 Å². The molecule has 13 rings (SSSR count). The van der Waals surface area contributed by atoms with Crippen LogP contribution in [0.4, 0.5) is 62.3 Å². The number of amides is 4. The molecule has 0 radical (unpaired) electrons. The van der Waals surface area contributed by atoms with E-state index < -0.39 is 35.6 Å². The van der Waals surface area contributed by atoms with Crippen LogP contribution in [0.1, 0.15) is 84.4 Å². The molecule has 0 unspecified atom stereocenters. The van der Waals surface area contributed by atoms with Gasteiger partial charge in [-0.1, -0.05) is 86.6 Å². The Morgan fingerprint density at radius 3 is 1.34 bits per heavy atom. The fourth-order valence-corrected chi connectivity index (χ4v) is 10.4. The highest BCUT2D eigenvalue weighted by Crippen LogP contribution is 2.44. The Labute approximate surface area is 494 Å². The summed E-state index contributed by atoms with van der Waals surface area (Å²) in [5, 5.41) is 14.3. The summed E-state index contributed by atoms with van der Waals surface area (Å²) in [4.78, 5) is 45.7. The molecular weight excluding hydrogens is 1140 g/mol. The summed E-state index contributed by atoms with van der Waals surface area (Å²) in [6, 6.07) is 43.8. The summed E-state index contributed by atoms with van der Waals surface area (Å²) in [5.41, 5.74) is 13.2. The van der Waals surface area contributed by atoms with Crippen LogP contribution in [-0.2, 0) is 57.3 Å². The molecule has 4 amide bonds. The summed E-state index contributed by atoms with van der Waals surface area (Å²) in [6.45, 7) is 5.18. The molecule has 448 valence electrons. The molecule has 0 saturated carbocycles. The van der Waals surface area contributed by atoms with Gasteiger partial charge in [-0.15, -0.1) is 8.78 Å². The maximum atomic E-state index is 13.6. The van der Waals surface area contributed by atoms with Crippen LogP contribution >= 0.6 is 0 Å². The number of fused-ring (bicyclic) bond motifs is 5. The molecule has 87 heavy (non-hydrogen) atoms. The third-order valence-electron chi connectivity index (χ3n) is 15.0. The highest BCUT2D eigenvalue weighted by Gasteiger charge is 2.43. The van der Waals surface area contributed by atoms with Gasteiger partial charge in [0.05, 0.1) is 17.7 Å². The molecule has 0 aliphatic carbocycles. The van der Waals surface area contributed by atoms with Gasteiger partial charge in [-0.25, -0.2) is 4.39 Å². The minimum Gasteiger partial charge on any atom is -0.395 e. The number of benzene rings is 8. The highest BCUT2D eigenvalue weighted by atomic mass is 19.4. The summed E-state index contributed by atoms with van der Waals surface area (Å²) in [6.07, 6.45) is -8.23. The lowest BCUT2D eigenvalue weighted by Gasteiger charge is -2.18. The molecule has 5 aliphatic rings. The van der Waals surface area contributed by atoms with E-state index in [1.807, 2.05) is 30.3 Å². The summed E-state index contributed by atoms with van der Waals surface area (Å²) in [5.74, 6) is -0.731. The first-order valence-corrected chi connectivity index (χ1v) is 27.9. The molecule has 0 bridgehead atoms. The number of carbonyl (C=O) groups excluding carboxylic acids is 4. The third-order valence-corrected chi connectivity index (χ3v) is 15.0. The lowest BCUT2D eigenvalue weighted by atomic mass is 9.95. The molecule has 5 aliphatic heterocycles. The van der Waals surface area contributed by atoms with E-state index >= 15 is 0 Å². The topological polar surface area (TPSA) is 147 Å². The van der Waals surface area contributed by atoms with Crippen LogP contribution in [0, 0.1) is 5.82 Å². The predicted octanol–water partition coefficient (Wildman–Crippen LogP) is 16.1. The molecule has 20 heteroatoms. The average molecular weight is 1200 g/mol. The van der Waals surface area contributed by atoms with Gasteiger partial charge in [0.1, 0.15) is 5.82 Å². The van der Waals surface area contributed by atoms with Gasteiger partial charge in [0, 0.05) is 48.6 Å². The summed E-state index contributed by atoms with van der Waals surface area (Å²) < 4.78 is 124. The van der Waals surface area contributed by atoms with Crippen LogP contribution in [0.25, 0.3) is 44.5 Å². The second-order valence-electron chi connectivity index (χ2n) is 21.5. The number of nitrogens with one attached hydrogen (secondary N) is 5. The molecule has 8 aromatic carbocycles. The molecule has 0 saturated heterocycles. The number of aryl methyl sites for hydroxylation is 3. The van der Waals surface area contributed by atoms with Gasteiger partial charge in [0.25, 0.3) is 0 Å². The number of ether oxygens (including phenoxy) is 2. The van der Waals surface area contributed by atoms with Crippen molar-refractivity contribution in [3.63, 3.8) is 0 Å². The molecule has 0 spiro atoms. The van der Waals surface area contributed by atoms with E-state index in [9.17, 15) is 58.7 Å². The van der Waals surface area contributed by atoms with Crippen LogP contribution in [0.5, 0.6) is 11.5 Å². The Morgan fingerprint density at radius 1 is 0.414 bits per heavy atom. The SMILES string of the molecule is CC(C)c1ccc(-c2ccc3c(c2)CCC(=O)N3)cc1.O=C1CCCc2cc(-c3ccc4c(c3)OC(F)(F)O4)ccc2N1.O=C1CCc2cc(-c3ccc(C(F)(F)F)c(F)c3)ccc2N1.O=C1CNCc2cc(-c3ccc(C(F)(F)F)cc3)ccc2N1. The minimum absolute atomic E-state index is 0.0156. The number of rotatable bonds is 5. The van der Waals surface area contributed by atoms with E-state index in [0.717, 1.165) is 94.0 Å². The van der Waals surface area contributed by atoms with Crippen LogP contribution in [-0.4, -0.2) is 36.5 Å². The number of hydrogen-bond acceptors (Lipinski definition) is 7. The second-order valence-corrected chi connectivity index (χ2v) is 21.5. The van der Waals surface area contributed by atoms with Gasteiger partial charge in [-0.05, 0) is 189 Å². The molecule has 11 nitrogen and oxygen atoms in total. The van der Waals surface area contributed by atoms with E-state index in [1.54, 1.807) is 36.4 Å². The van der Waals surface area contributed by atoms with Crippen molar-refractivity contribution >= 4 is 46.4 Å². The Balaban J connectivity index is 0.000000129. The largest absolute Gasteiger partial charge is 0.586 e. The van der Waals surface area contributed by atoms with Crippen molar-refractivity contribution in [3.8, 4) is 56.0 Å². The van der Waals surface area contributed by atoms with Crippen molar-refractivity contribution in [2.24, 2.45) is 0 Å². The van der Waals surface area contributed by atoms with Crippen molar-refractivity contribution in [1.29, 1.82) is 0 Å². The first-order valence-electron chi connectivity index (χ1n) is 27.9. The zero-order chi connectivity index (χ0) is 61.8. The Morgan fingerprint density at radius 2 is 0.828 bits per heavy atom. The van der Waals surface area contributed by atoms with Crippen molar-refractivity contribution in [2.75, 3.05) is 27.8 Å². The molecule has 5 N–H and O–H groups in total. The first-order chi connectivity index (χ1) is 41.4.